The van der Waals surface area contributed by atoms with Gasteiger partial charge in [0, 0.05) is 25.9 Å². The van der Waals surface area contributed by atoms with Crippen LogP contribution in [-0.4, -0.2) is 50.6 Å². The number of amides is 2. The molecule has 1 aliphatic heterocycles. The Balaban J connectivity index is 1.56. The number of nitrogens with one attached hydrogen (secondary N) is 1. The number of fused-ring (bicyclic) bond motifs is 1. The lowest BCUT2D eigenvalue weighted by molar-refractivity contribution is -0.130. The zero-order valence-electron chi connectivity index (χ0n) is 16.1. The largest absolute Gasteiger partial charge is 0.486 e. The highest BCUT2D eigenvalue weighted by molar-refractivity contribution is 6.32. The number of hydrogen-bond acceptors (Lipinski definition) is 5. The molecule has 0 fully saturated rings. The van der Waals surface area contributed by atoms with Gasteiger partial charge >= 0.3 is 0 Å². The van der Waals surface area contributed by atoms with Crippen LogP contribution in [0.3, 0.4) is 0 Å². The van der Waals surface area contributed by atoms with Gasteiger partial charge < -0.3 is 24.4 Å². The summed E-state index contributed by atoms with van der Waals surface area (Å²) in [4.78, 5) is 25.2. The molecular formula is C21H21ClN2O5. The number of rotatable bonds is 6. The molecule has 1 aliphatic rings. The molecule has 0 unspecified atom stereocenters. The van der Waals surface area contributed by atoms with E-state index in [-0.39, 0.29) is 18.4 Å². The standard InChI is InChI=1S/C21H21ClN2O5/c1-24(2)20(26)13-29-16-6-4-15(5-7-16)23-19(25)8-3-14-11-17(22)21-18(12-14)27-9-10-28-21/h3-8,11-12H,9-10,13H2,1-2H3,(H,23,25)/b8-3+. The van der Waals surface area contributed by atoms with Crippen LogP contribution in [0.25, 0.3) is 6.08 Å². The first-order chi connectivity index (χ1) is 13.9. The highest BCUT2D eigenvalue weighted by Gasteiger charge is 2.16. The molecule has 29 heavy (non-hydrogen) atoms. The minimum Gasteiger partial charge on any atom is -0.486 e. The predicted molar refractivity (Wildman–Crippen MR) is 111 cm³/mol. The molecule has 8 heteroatoms. The van der Waals surface area contributed by atoms with Crippen LogP contribution in [0.15, 0.2) is 42.5 Å². The van der Waals surface area contributed by atoms with Crippen LogP contribution >= 0.6 is 11.6 Å². The van der Waals surface area contributed by atoms with E-state index in [9.17, 15) is 9.59 Å². The van der Waals surface area contributed by atoms with E-state index in [1.165, 1.54) is 11.0 Å². The van der Waals surface area contributed by atoms with E-state index >= 15 is 0 Å². The van der Waals surface area contributed by atoms with Crippen molar-refractivity contribution in [3.05, 3.63) is 53.1 Å². The lowest BCUT2D eigenvalue weighted by Gasteiger charge is -2.19. The molecule has 0 atom stereocenters. The van der Waals surface area contributed by atoms with E-state index in [1.54, 1.807) is 56.6 Å². The van der Waals surface area contributed by atoms with Crippen molar-refractivity contribution in [2.75, 3.05) is 39.2 Å². The summed E-state index contributed by atoms with van der Waals surface area (Å²) in [5.74, 6) is 1.19. The maximum atomic E-state index is 12.2. The van der Waals surface area contributed by atoms with Crippen LogP contribution in [0.5, 0.6) is 17.2 Å². The molecule has 0 radical (unpaired) electrons. The normalized spacial score (nSPS) is 12.5. The fourth-order valence-electron chi connectivity index (χ4n) is 2.49. The molecule has 1 N–H and O–H groups in total. The Kier molecular flexibility index (Phi) is 6.61. The van der Waals surface area contributed by atoms with Crippen molar-refractivity contribution in [3.63, 3.8) is 0 Å². The van der Waals surface area contributed by atoms with Crippen LogP contribution in [0.2, 0.25) is 5.02 Å². The van der Waals surface area contributed by atoms with Gasteiger partial charge in [0.1, 0.15) is 19.0 Å². The van der Waals surface area contributed by atoms with Crippen LogP contribution in [0.4, 0.5) is 5.69 Å². The number of anilines is 1. The van der Waals surface area contributed by atoms with E-state index in [0.717, 1.165) is 5.56 Å². The summed E-state index contributed by atoms with van der Waals surface area (Å²) in [6.45, 7) is 0.875. The molecule has 1 heterocycles. The van der Waals surface area contributed by atoms with E-state index in [4.69, 9.17) is 25.8 Å². The predicted octanol–water partition coefficient (Wildman–Crippen LogP) is 3.23. The number of carbonyl (C=O) groups is 2. The van der Waals surface area contributed by atoms with Gasteiger partial charge in [-0.2, -0.15) is 0 Å². The third kappa shape index (κ3) is 5.65. The summed E-state index contributed by atoms with van der Waals surface area (Å²) >= 11 is 6.19. The van der Waals surface area contributed by atoms with Crippen LogP contribution < -0.4 is 19.5 Å². The number of likely N-dealkylation sites (N-methyl/N-ethyl adjacent to an activating group) is 1. The molecule has 0 saturated heterocycles. The van der Waals surface area contributed by atoms with Crippen molar-refractivity contribution in [2.45, 2.75) is 0 Å². The summed E-state index contributed by atoms with van der Waals surface area (Å²) < 4.78 is 16.4. The average molecular weight is 417 g/mol. The lowest BCUT2D eigenvalue weighted by atomic mass is 10.1. The zero-order valence-corrected chi connectivity index (χ0v) is 16.9. The highest BCUT2D eigenvalue weighted by Crippen LogP contribution is 2.38. The molecule has 2 aromatic rings. The third-order valence-electron chi connectivity index (χ3n) is 4.03. The van der Waals surface area contributed by atoms with Crippen LogP contribution in [-0.2, 0) is 9.59 Å². The summed E-state index contributed by atoms with van der Waals surface area (Å²) in [6, 6.07) is 10.2. The van der Waals surface area contributed by atoms with Gasteiger partial charge in [0.25, 0.3) is 5.91 Å². The second-order valence-electron chi connectivity index (χ2n) is 6.45. The topological polar surface area (TPSA) is 77.1 Å². The van der Waals surface area contributed by atoms with Crippen molar-refractivity contribution < 1.29 is 23.8 Å². The molecule has 0 bridgehead atoms. The first kappa shape index (κ1) is 20.5. The molecule has 2 aromatic carbocycles. The molecule has 2 amide bonds. The Hall–Kier alpha value is -3.19. The van der Waals surface area contributed by atoms with Gasteiger partial charge in [0.05, 0.1) is 5.02 Å². The van der Waals surface area contributed by atoms with E-state index in [0.29, 0.717) is 41.2 Å². The molecule has 0 spiro atoms. The Morgan fingerprint density at radius 3 is 2.62 bits per heavy atom. The second-order valence-corrected chi connectivity index (χ2v) is 6.86. The van der Waals surface area contributed by atoms with Crippen molar-refractivity contribution in [2.24, 2.45) is 0 Å². The quantitative estimate of drug-likeness (QED) is 0.731. The summed E-state index contributed by atoms with van der Waals surface area (Å²) in [7, 11) is 3.33. The summed E-state index contributed by atoms with van der Waals surface area (Å²) in [5, 5.41) is 3.19. The lowest BCUT2D eigenvalue weighted by Crippen LogP contribution is -2.27. The van der Waals surface area contributed by atoms with Gasteiger partial charge in [-0.05, 0) is 48.0 Å². The number of halogens is 1. The minimum absolute atomic E-state index is 0.0421. The molecule has 0 aromatic heterocycles. The fourth-order valence-corrected chi connectivity index (χ4v) is 2.77. The first-order valence-electron chi connectivity index (χ1n) is 8.93. The monoisotopic (exact) mass is 416 g/mol. The van der Waals surface area contributed by atoms with Crippen molar-refractivity contribution in [1.29, 1.82) is 0 Å². The maximum Gasteiger partial charge on any atom is 0.259 e. The van der Waals surface area contributed by atoms with Crippen LogP contribution in [0, 0.1) is 0 Å². The molecule has 7 nitrogen and oxygen atoms in total. The Bertz CT molecular complexity index is 925. The SMILES string of the molecule is CN(C)C(=O)COc1ccc(NC(=O)/C=C/c2cc(Cl)c3c(c2)OCCO3)cc1. The Morgan fingerprint density at radius 2 is 1.90 bits per heavy atom. The smallest absolute Gasteiger partial charge is 0.259 e. The first-order valence-corrected chi connectivity index (χ1v) is 9.31. The minimum atomic E-state index is -0.299. The van der Waals surface area contributed by atoms with E-state index < -0.39 is 0 Å². The van der Waals surface area contributed by atoms with Gasteiger partial charge in [0.15, 0.2) is 18.1 Å². The number of carbonyl (C=O) groups excluding carboxylic acids is 2. The average Bonchev–Trinajstić information content (AvgIpc) is 2.71. The Morgan fingerprint density at radius 1 is 1.17 bits per heavy atom. The van der Waals surface area contributed by atoms with Crippen LogP contribution in [0.1, 0.15) is 5.56 Å². The van der Waals surface area contributed by atoms with Crippen molar-refractivity contribution >= 4 is 35.2 Å². The second kappa shape index (κ2) is 9.34. The van der Waals surface area contributed by atoms with Crippen molar-refractivity contribution in [1.82, 2.24) is 4.90 Å². The zero-order chi connectivity index (χ0) is 20.8. The number of ether oxygens (including phenoxy) is 3. The molecule has 152 valence electrons. The Labute approximate surface area is 173 Å². The van der Waals surface area contributed by atoms with E-state index in [2.05, 4.69) is 5.32 Å². The number of benzene rings is 2. The van der Waals surface area contributed by atoms with Gasteiger partial charge in [-0.25, -0.2) is 0 Å². The highest BCUT2D eigenvalue weighted by atomic mass is 35.5. The molecule has 0 aliphatic carbocycles. The van der Waals surface area contributed by atoms with Gasteiger partial charge in [-0.15, -0.1) is 0 Å². The summed E-state index contributed by atoms with van der Waals surface area (Å²) in [5.41, 5.74) is 1.33. The van der Waals surface area contributed by atoms with Crippen molar-refractivity contribution in [3.8, 4) is 17.2 Å². The third-order valence-corrected chi connectivity index (χ3v) is 4.31. The van der Waals surface area contributed by atoms with Gasteiger partial charge in [-0.3, -0.25) is 9.59 Å². The number of nitrogens with zero attached hydrogens (tertiary/aromatic N) is 1. The van der Waals surface area contributed by atoms with Gasteiger partial charge in [0.2, 0.25) is 5.91 Å². The number of hydrogen-bond donors (Lipinski definition) is 1. The summed E-state index contributed by atoms with van der Waals surface area (Å²) in [6.07, 6.45) is 3.05. The molecule has 3 rings (SSSR count). The van der Waals surface area contributed by atoms with E-state index in [1.807, 2.05) is 0 Å². The van der Waals surface area contributed by atoms with Gasteiger partial charge in [-0.1, -0.05) is 11.6 Å². The molecular weight excluding hydrogens is 396 g/mol. The molecule has 0 saturated carbocycles. The fraction of sp³-hybridized carbons (Fsp3) is 0.238. The maximum absolute atomic E-state index is 12.2.